The number of ether oxygens (including phenoxy) is 1. The van der Waals surface area contributed by atoms with E-state index in [1.807, 2.05) is 42.5 Å². The number of carbonyl (C=O) groups excluding carboxylic acids is 3. The molecule has 1 aliphatic rings. The number of benzene rings is 2. The van der Waals surface area contributed by atoms with E-state index in [1.54, 1.807) is 24.3 Å². The molecule has 2 aromatic carbocycles. The maximum absolute atomic E-state index is 12.5. The van der Waals surface area contributed by atoms with Gasteiger partial charge in [0.2, 0.25) is 0 Å². The van der Waals surface area contributed by atoms with Crippen molar-refractivity contribution in [2.45, 2.75) is 25.8 Å². The maximum Gasteiger partial charge on any atom is 0.306 e. The molecule has 0 saturated carbocycles. The number of hydrogen-bond donors (Lipinski definition) is 2. The Balaban J connectivity index is 1.51. The van der Waals surface area contributed by atoms with Gasteiger partial charge in [-0.25, -0.2) is 0 Å². The van der Waals surface area contributed by atoms with Crippen molar-refractivity contribution in [3.05, 3.63) is 77.9 Å². The van der Waals surface area contributed by atoms with Crippen LogP contribution in [0.1, 0.15) is 35.2 Å². The molecule has 1 aliphatic carbocycles. The molecule has 0 heterocycles. The highest BCUT2D eigenvalue weighted by Crippen LogP contribution is 2.20. The van der Waals surface area contributed by atoms with Gasteiger partial charge in [0, 0.05) is 6.54 Å². The molecule has 29 heavy (non-hydrogen) atoms. The minimum absolute atomic E-state index is 0.194. The number of esters is 1. The van der Waals surface area contributed by atoms with Gasteiger partial charge in [-0.05, 0) is 36.5 Å². The normalized spacial score (nSPS) is 15.0. The fourth-order valence-corrected chi connectivity index (χ4v) is 3.13. The standard InChI is InChI=1S/C23H24N2O4/c26-21(16-29-22(27)14-17-8-4-5-9-17)25-20-13-7-6-12-19(20)23(28)24-15-18-10-2-1-3-11-18/h1-4,6-8,10-13,17H,5,9,14-16H2,(H,24,28)(H,25,26)/t17-/m1/s1. The van der Waals surface area contributed by atoms with E-state index in [4.69, 9.17) is 4.74 Å². The van der Waals surface area contributed by atoms with Crippen LogP contribution >= 0.6 is 0 Å². The lowest BCUT2D eigenvalue weighted by molar-refractivity contribution is -0.147. The summed E-state index contributed by atoms with van der Waals surface area (Å²) in [6.45, 7) is 0.00438. The number of hydrogen-bond acceptors (Lipinski definition) is 4. The number of anilines is 1. The molecule has 0 unspecified atom stereocenters. The van der Waals surface area contributed by atoms with Crippen LogP contribution in [0.25, 0.3) is 0 Å². The van der Waals surface area contributed by atoms with Crippen LogP contribution in [0.5, 0.6) is 0 Å². The Morgan fingerprint density at radius 2 is 1.76 bits per heavy atom. The van der Waals surface area contributed by atoms with E-state index in [0.29, 0.717) is 17.8 Å². The Kier molecular flexibility index (Phi) is 7.16. The molecule has 0 aliphatic heterocycles. The highest BCUT2D eigenvalue weighted by molar-refractivity contribution is 6.04. The van der Waals surface area contributed by atoms with Gasteiger partial charge in [-0.3, -0.25) is 14.4 Å². The average Bonchev–Trinajstić information content (AvgIpc) is 3.24. The van der Waals surface area contributed by atoms with E-state index in [-0.39, 0.29) is 24.9 Å². The summed E-state index contributed by atoms with van der Waals surface area (Å²) >= 11 is 0. The number of amides is 2. The highest BCUT2D eigenvalue weighted by Gasteiger charge is 2.17. The molecule has 2 aromatic rings. The van der Waals surface area contributed by atoms with Gasteiger partial charge >= 0.3 is 5.97 Å². The lowest BCUT2D eigenvalue weighted by atomic mass is 10.1. The zero-order chi connectivity index (χ0) is 20.5. The quantitative estimate of drug-likeness (QED) is 0.532. The van der Waals surface area contributed by atoms with Crippen LogP contribution in [0.2, 0.25) is 0 Å². The van der Waals surface area contributed by atoms with Gasteiger partial charge in [0.05, 0.1) is 17.7 Å². The Hall–Kier alpha value is -3.41. The summed E-state index contributed by atoms with van der Waals surface area (Å²) in [6, 6.07) is 16.3. The van der Waals surface area contributed by atoms with Crippen LogP contribution in [0.3, 0.4) is 0 Å². The molecule has 0 aromatic heterocycles. The predicted octanol–water partition coefficient (Wildman–Crippen LogP) is 3.45. The molecule has 6 heteroatoms. The molecular weight excluding hydrogens is 368 g/mol. The zero-order valence-corrected chi connectivity index (χ0v) is 16.1. The largest absolute Gasteiger partial charge is 0.456 e. The van der Waals surface area contributed by atoms with Crippen molar-refractivity contribution in [1.29, 1.82) is 0 Å². The van der Waals surface area contributed by atoms with Crippen molar-refractivity contribution in [1.82, 2.24) is 5.32 Å². The number of rotatable bonds is 8. The summed E-state index contributed by atoms with van der Waals surface area (Å²) in [5.74, 6) is -0.983. The van der Waals surface area contributed by atoms with Gasteiger partial charge in [0.15, 0.2) is 6.61 Å². The number of allylic oxidation sites excluding steroid dienone is 2. The molecule has 2 N–H and O–H groups in total. The third kappa shape index (κ3) is 6.31. The molecule has 0 radical (unpaired) electrons. The van der Waals surface area contributed by atoms with Crippen molar-refractivity contribution in [3.63, 3.8) is 0 Å². The zero-order valence-electron chi connectivity index (χ0n) is 16.1. The Labute approximate surface area is 170 Å². The lowest BCUT2D eigenvalue weighted by Crippen LogP contribution is -2.26. The third-order valence-corrected chi connectivity index (χ3v) is 4.65. The topological polar surface area (TPSA) is 84.5 Å². The Morgan fingerprint density at radius 1 is 1.00 bits per heavy atom. The number of para-hydroxylation sites is 1. The van der Waals surface area contributed by atoms with E-state index in [0.717, 1.165) is 18.4 Å². The molecular formula is C23H24N2O4. The Bertz CT molecular complexity index is 893. The summed E-state index contributed by atoms with van der Waals surface area (Å²) in [6.07, 6.45) is 6.24. The monoisotopic (exact) mass is 392 g/mol. The van der Waals surface area contributed by atoms with Gasteiger partial charge in [0.1, 0.15) is 0 Å². The first-order chi connectivity index (χ1) is 14.1. The van der Waals surface area contributed by atoms with Crippen molar-refractivity contribution < 1.29 is 19.1 Å². The Morgan fingerprint density at radius 3 is 2.52 bits per heavy atom. The summed E-state index contributed by atoms with van der Waals surface area (Å²) in [4.78, 5) is 36.6. The van der Waals surface area contributed by atoms with Crippen LogP contribution in [0, 0.1) is 5.92 Å². The van der Waals surface area contributed by atoms with Crippen molar-refractivity contribution in [2.75, 3.05) is 11.9 Å². The van der Waals surface area contributed by atoms with Crippen molar-refractivity contribution in [2.24, 2.45) is 5.92 Å². The average molecular weight is 392 g/mol. The maximum atomic E-state index is 12.5. The first kappa shape index (κ1) is 20.3. The molecule has 0 spiro atoms. The number of nitrogens with one attached hydrogen (secondary N) is 2. The van der Waals surface area contributed by atoms with Crippen LogP contribution < -0.4 is 10.6 Å². The molecule has 6 nitrogen and oxygen atoms in total. The molecule has 0 fully saturated rings. The van der Waals surface area contributed by atoms with Gasteiger partial charge in [-0.2, -0.15) is 0 Å². The second-order valence-electron chi connectivity index (χ2n) is 6.89. The van der Waals surface area contributed by atoms with Crippen molar-refractivity contribution in [3.8, 4) is 0 Å². The molecule has 0 saturated heterocycles. The second-order valence-corrected chi connectivity index (χ2v) is 6.89. The second kappa shape index (κ2) is 10.2. The van der Waals surface area contributed by atoms with E-state index in [9.17, 15) is 14.4 Å². The lowest BCUT2D eigenvalue weighted by Gasteiger charge is -2.12. The summed E-state index contributed by atoms with van der Waals surface area (Å²) < 4.78 is 5.06. The van der Waals surface area contributed by atoms with Crippen LogP contribution in [0.15, 0.2) is 66.7 Å². The fourth-order valence-electron chi connectivity index (χ4n) is 3.13. The molecule has 2 amide bonds. The van der Waals surface area contributed by atoms with Crippen molar-refractivity contribution >= 4 is 23.5 Å². The molecule has 150 valence electrons. The number of carbonyl (C=O) groups is 3. The smallest absolute Gasteiger partial charge is 0.306 e. The SMILES string of the molecule is O=C(COC(=O)C[C@@H]1C=CCC1)Nc1ccccc1C(=O)NCc1ccccc1. The first-order valence-corrected chi connectivity index (χ1v) is 9.65. The fraction of sp³-hybridized carbons (Fsp3) is 0.261. The first-order valence-electron chi connectivity index (χ1n) is 9.65. The van der Waals surface area contributed by atoms with Crippen LogP contribution in [0.4, 0.5) is 5.69 Å². The molecule has 1 atom stereocenters. The minimum atomic E-state index is -0.483. The summed E-state index contributed by atoms with van der Waals surface area (Å²) in [5.41, 5.74) is 1.70. The predicted molar refractivity (Wildman–Crippen MR) is 110 cm³/mol. The molecule has 3 rings (SSSR count). The van der Waals surface area contributed by atoms with Gasteiger partial charge in [0.25, 0.3) is 11.8 Å². The van der Waals surface area contributed by atoms with Gasteiger partial charge in [-0.15, -0.1) is 0 Å². The highest BCUT2D eigenvalue weighted by atomic mass is 16.5. The molecule has 0 bridgehead atoms. The minimum Gasteiger partial charge on any atom is -0.456 e. The van der Waals surface area contributed by atoms with E-state index in [2.05, 4.69) is 10.6 Å². The van der Waals surface area contributed by atoms with E-state index >= 15 is 0 Å². The van der Waals surface area contributed by atoms with Crippen LogP contribution in [-0.4, -0.2) is 24.4 Å². The van der Waals surface area contributed by atoms with Gasteiger partial charge < -0.3 is 15.4 Å². The summed E-state index contributed by atoms with van der Waals surface area (Å²) in [7, 11) is 0. The van der Waals surface area contributed by atoms with E-state index < -0.39 is 11.9 Å². The van der Waals surface area contributed by atoms with E-state index in [1.165, 1.54) is 0 Å². The van der Waals surface area contributed by atoms with Crippen LogP contribution in [-0.2, 0) is 20.9 Å². The van der Waals surface area contributed by atoms with Gasteiger partial charge in [-0.1, -0.05) is 54.6 Å². The third-order valence-electron chi connectivity index (χ3n) is 4.65. The summed E-state index contributed by atoms with van der Waals surface area (Å²) in [5, 5.41) is 5.49.